The summed E-state index contributed by atoms with van der Waals surface area (Å²) in [6.45, 7) is 2.12. The van der Waals surface area contributed by atoms with E-state index in [9.17, 15) is 14.7 Å². The van der Waals surface area contributed by atoms with Gasteiger partial charge in [-0.25, -0.2) is 0 Å². The van der Waals surface area contributed by atoms with Gasteiger partial charge in [0.05, 0.1) is 7.11 Å². The first-order chi connectivity index (χ1) is 10.5. The van der Waals surface area contributed by atoms with Crippen molar-refractivity contribution in [1.82, 2.24) is 5.32 Å². The van der Waals surface area contributed by atoms with Gasteiger partial charge in [0.25, 0.3) is 0 Å². The maximum atomic E-state index is 12.4. The van der Waals surface area contributed by atoms with E-state index in [1.165, 1.54) is 13.2 Å². The van der Waals surface area contributed by atoms with Crippen LogP contribution in [-0.2, 0) is 14.3 Å². The first-order valence-electron chi connectivity index (χ1n) is 7.08. The van der Waals surface area contributed by atoms with Gasteiger partial charge in [-0.2, -0.15) is 0 Å². The fraction of sp³-hybridized carbons (Fsp3) is 0.294. The third kappa shape index (κ3) is 2.88. The molecule has 5 nitrogen and oxygen atoms in total. The highest BCUT2D eigenvalue weighted by Crippen LogP contribution is 2.39. The maximum absolute atomic E-state index is 12.4. The van der Waals surface area contributed by atoms with Crippen molar-refractivity contribution in [3.63, 3.8) is 0 Å². The van der Waals surface area contributed by atoms with E-state index in [2.05, 4.69) is 5.32 Å². The number of ether oxygens (including phenoxy) is 1. The molecule has 5 heteroatoms. The van der Waals surface area contributed by atoms with Crippen molar-refractivity contribution in [2.75, 3.05) is 13.7 Å². The lowest BCUT2D eigenvalue weighted by Gasteiger charge is -2.30. The molecule has 0 fully saturated rings. The zero-order valence-electron chi connectivity index (χ0n) is 12.6. The normalized spacial score (nSPS) is 20.6. The van der Waals surface area contributed by atoms with Crippen molar-refractivity contribution >= 4 is 17.4 Å². The standard InChI is InChI=1S/C17H19NO4/c1-3-18-15(19)17(16(20)21)10-13(9-14(11-17)22-2)12-7-5-4-6-8-12/h4-9,11H,3,10H2,1-2H3,(H,18,19)(H,20,21). The summed E-state index contributed by atoms with van der Waals surface area (Å²) >= 11 is 0. The quantitative estimate of drug-likeness (QED) is 0.818. The molecule has 0 spiro atoms. The highest BCUT2D eigenvalue weighted by atomic mass is 16.5. The molecule has 2 rings (SSSR count). The van der Waals surface area contributed by atoms with E-state index >= 15 is 0 Å². The number of carbonyl (C=O) groups excluding carboxylic acids is 1. The number of carbonyl (C=O) groups is 2. The third-order valence-electron chi connectivity index (χ3n) is 3.68. The van der Waals surface area contributed by atoms with Crippen LogP contribution in [0.3, 0.4) is 0 Å². The SMILES string of the molecule is CCNC(=O)C1(C(=O)O)C=C(OC)C=C(c2ccccc2)C1. The van der Waals surface area contributed by atoms with Crippen LogP contribution in [0.15, 0.2) is 48.2 Å². The lowest BCUT2D eigenvalue weighted by molar-refractivity contribution is -0.152. The zero-order valence-corrected chi connectivity index (χ0v) is 12.6. The van der Waals surface area contributed by atoms with Crippen LogP contribution < -0.4 is 5.32 Å². The molecule has 116 valence electrons. The molecule has 1 amide bonds. The van der Waals surface area contributed by atoms with Crippen LogP contribution in [0.5, 0.6) is 0 Å². The van der Waals surface area contributed by atoms with Crippen LogP contribution in [-0.4, -0.2) is 30.6 Å². The van der Waals surface area contributed by atoms with Gasteiger partial charge in [-0.1, -0.05) is 30.3 Å². The van der Waals surface area contributed by atoms with Crippen molar-refractivity contribution in [3.8, 4) is 0 Å². The van der Waals surface area contributed by atoms with Crippen molar-refractivity contribution < 1.29 is 19.4 Å². The molecule has 0 heterocycles. The number of carboxylic acid groups (broad SMARTS) is 1. The molecule has 1 aliphatic carbocycles. The number of carboxylic acids is 1. The summed E-state index contributed by atoms with van der Waals surface area (Å²) in [5.74, 6) is -1.34. The van der Waals surface area contributed by atoms with Crippen LogP contribution in [0.2, 0.25) is 0 Å². The number of hydrogen-bond acceptors (Lipinski definition) is 3. The van der Waals surface area contributed by atoms with Crippen molar-refractivity contribution in [2.24, 2.45) is 5.41 Å². The molecule has 0 bridgehead atoms. The second-order valence-electron chi connectivity index (χ2n) is 5.10. The Bertz CT molecular complexity index is 633. The van der Waals surface area contributed by atoms with E-state index in [0.29, 0.717) is 12.3 Å². The molecular formula is C17H19NO4. The first-order valence-corrected chi connectivity index (χ1v) is 7.08. The van der Waals surface area contributed by atoms with Gasteiger partial charge < -0.3 is 15.2 Å². The number of benzene rings is 1. The number of aliphatic carboxylic acids is 1. The molecule has 1 unspecified atom stereocenters. The van der Waals surface area contributed by atoms with Crippen molar-refractivity contribution in [3.05, 3.63) is 53.8 Å². The summed E-state index contributed by atoms with van der Waals surface area (Å²) in [7, 11) is 1.46. The van der Waals surface area contributed by atoms with E-state index in [1.807, 2.05) is 30.3 Å². The zero-order chi connectivity index (χ0) is 16.2. The fourth-order valence-electron chi connectivity index (χ4n) is 2.51. The molecule has 0 radical (unpaired) electrons. The van der Waals surface area contributed by atoms with E-state index < -0.39 is 17.3 Å². The summed E-state index contributed by atoms with van der Waals surface area (Å²) < 4.78 is 5.22. The molecular weight excluding hydrogens is 282 g/mol. The lowest BCUT2D eigenvalue weighted by atomic mass is 9.75. The monoisotopic (exact) mass is 301 g/mol. The molecule has 1 aliphatic rings. The van der Waals surface area contributed by atoms with Gasteiger partial charge in [-0.05, 0) is 30.2 Å². The highest BCUT2D eigenvalue weighted by molar-refractivity contribution is 6.06. The van der Waals surface area contributed by atoms with Crippen LogP contribution in [0.4, 0.5) is 0 Å². The second kappa shape index (κ2) is 6.47. The van der Waals surface area contributed by atoms with Crippen LogP contribution in [0, 0.1) is 5.41 Å². The number of methoxy groups -OCH3 is 1. The molecule has 1 atom stereocenters. The van der Waals surface area contributed by atoms with E-state index in [0.717, 1.165) is 11.1 Å². The number of allylic oxidation sites excluding steroid dienone is 2. The largest absolute Gasteiger partial charge is 0.497 e. The number of hydrogen-bond donors (Lipinski definition) is 2. The molecule has 1 aromatic carbocycles. The topological polar surface area (TPSA) is 75.6 Å². The summed E-state index contributed by atoms with van der Waals surface area (Å²) in [5.41, 5.74) is -0.0185. The minimum Gasteiger partial charge on any atom is -0.497 e. The smallest absolute Gasteiger partial charge is 0.323 e. The van der Waals surface area contributed by atoms with Gasteiger partial charge in [-0.3, -0.25) is 9.59 Å². The third-order valence-corrected chi connectivity index (χ3v) is 3.68. The Morgan fingerprint density at radius 3 is 2.55 bits per heavy atom. The van der Waals surface area contributed by atoms with Crippen LogP contribution >= 0.6 is 0 Å². The average Bonchev–Trinajstić information content (AvgIpc) is 2.55. The summed E-state index contributed by atoms with van der Waals surface area (Å²) in [5, 5.41) is 12.3. The lowest BCUT2D eigenvalue weighted by Crippen LogP contribution is -2.46. The molecule has 0 aromatic heterocycles. The van der Waals surface area contributed by atoms with Crippen molar-refractivity contribution in [1.29, 1.82) is 0 Å². The molecule has 0 saturated heterocycles. The van der Waals surface area contributed by atoms with Crippen molar-refractivity contribution in [2.45, 2.75) is 13.3 Å². The fourth-order valence-corrected chi connectivity index (χ4v) is 2.51. The van der Waals surface area contributed by atoms with Gasteiger partial charge >= 0.3 is 5.97 Å². The number of nitrogens with one attached hydrogen (secondary N) is 1. The Morgan fingerprint density at radius 2 is 2.00 bits per heavy atom. The molecule has 0 saturated carbocycles. The van der Waals surface area contributed by atoms with E-state index in [1.54, 1.807) is 13.0 Å². The van der Waals surface area contributed by atoms with Gasteiger partial charge in [-0.15, -0.1) is 0 Å². The van der Waals surface area contributed by atoms with E-state index in [4.69, 9.17) is 4.74 Å². The highest BCUT2D eigenvalue weighted by Gasteiger charge is 2.47. The second-order valence-corrected chi connectivity index (χ2v) is 5.10. The predicted molar refractivity (Wildman–Crippen MR) is 82.9 cm³/mol. The first kappa shape index (κ1) is 15.8. The van der Waals surface area contributed by atoms with Crippen LogP contribution in [0.1, 0.15) is 18.9 Å². The van der Waals surface area contributed by atoms with Gasteiger partial charge in [0.1, 0.15) is 5.76 Å². The molecule has 22 heavy (non-hydrogen) atoms. The molecule has 0 aliphatic heterocycles. The number of rotatable bonds is 5. The van der Waals surface area contributed by atoms with Gasteiger partial charge in [0.2, 0.25) is 5.91 Å². The van der Waals surface area contributed by atoms with Crippen LogP contribution in [0.25, 0.3) is 5.57 Å². The maximum Gasteiger partial charge on any atom is 0.323 e. The Hall–Kier alpha value is -2.56. The number of amides is 1. The summed E-state index contributed by atoms with van der Waals surface area (Å²) in [6, 6.07) is 9.39. The minimum atomic E-state index is -1.65. The predicted octanol–water partition coefficient (Wildman–Crippen LogP) is 2.21. The molecule has 1 aromatic rings. The Kier molecular flexibility index (Phi) is 4.65. The summed E-state index contributed by atoms with van der Waals surface area (Å²) in [4.78, 5) is 24.2. The van der Waals surface area contributed by atoms with E-state index in [-0.39, 0.29) is 6.42 Å². The summed E-state index contributed by atoms with van der Waals surface area (Å²) in [6.07, 6.45) is 3.24. The van der Waals surface area contributed by atoms with Gasteiger partial charge in [0, 0.05) is 13.0 Å². The Morgan fingerprint density at radius 1 is 1.32 bits per heavy atom. The molecule has 2 N–H and O–H groups in total. The van der Waals surface area contributed by atoms with Gasteiger partial charge in [0.15, 0.2) is 5.41 Å². The minimum absolute atomic E-state index is 0.0883. The Labute approximate surface area is 129 Å². The average molecular weight is 301 g/mol. The Balaban J connectivity index is 2.50.